The first-order chi connectivity index (χ1) is 5.29. The van der Waals surface area contributed by atoms with Gasteiger partial charge in [0.15, 0.2) is 11.5 Å². The molecular weight excluding hydrogens is 142 g/mol. The molecule has 0 atom stereocenters. The van der Waals surface area contributed by atoms with Gasteiger partial charge in [0.1, 0.15) is 6.54 Å². The molecule has 0 fully saturated rings. The Bertz CT molecular complexity index is 248. The third kappa shape index (κ3) is 1.43. The molecule has 60 valence electrons. The van der Waals surface area contributed by atoms with Crippen molar-refractivity contribution >= 4 is 0 Å². The van der Waals surface area contributed by atoms with Crippen molar-refractivity contribution in [2.75, 3.05) is 7.11 Å². The van der Waals surface area contributed by atoms with Crippen LogP contribution in [0.15, 0.2) is 18.2 Å². The molecule has 0 bridgehead atoms. The first kappa shape index (κ1) is 7.88. The number of hydrogen-bond donors (Lipinski definition) is 2. The van der Waals surface area contributed by atoms with Gasteiger partial charge in [0, 0.05) is 0 Å². The molecule has 3 nitrogen and oxygen atoms in total. The average molecular weight is 154 g/mol. The largest absolute Gasteiger partial charge is 0.504 e. The van der Waals surface area contributed by atoms with Gasteiger partial charge in [0.25, 0.3) is 0 Å². The molecule has 0 aliphatic heterocycles. The van der Waals surface area contributed by atoms with Gasteiger partial charge in [-0.1, -0.05) is 6.07 Å². The molecule has 0 aliphatic rings. The molecule has 0 amide bonds. The van der Waals surface area contributed by atoms with E-state index < -0.39 is 0 Å². The van der Waals surface area contributed by atoms with Crippen LogP contribution >= 0.6 is 0 Å². The number of para-hydroxylation sites is 1. The minimum absolute atomic E-state index is 0.175. The Morgan fingerprint density at radius 3 is 2.73 bits per heavy atom. The second-order valence-electron chi connectivity index (χ2n) is 2.22. The summed E-state index contributed by atoms with van der Waals surface area (Å²) in [5.41, 5.74) is 4.64. The van der Waals surface area contributed by atoms with E-state index in [1.165, 1.54) is 7.11 Å². The molecule has 0 unspecified atom stereocenters. The highest BCUT2D eigenvalue weighted by Crippen LogP contribution is 2.28. The molecule has 1 aromatic rings. The van der Waals surface area contributed by atoms with Crippen molar-refractivity contribution < 1.29 is 15.6 Å². The lowest BCUT2D eigenvalue weighted by Crippen LogP contribution is -2.47. The van der Waals surface area contributed by atoms with E-state index in [9.17, 15) is 5.11 Å². The summed E-state index contributed by atoms with van der Waals surface area (Å²) in [4.78, 5) is 0. The summed E-state index contributed by atoms with van der Waals surface area (Å²) in [5.74, 6) is 0.705. The fourth-order valence-electron chi connectivity index (χ4n) is 1.00. The van der Waals surface area contributed by atoms with Crippen molar-refractivity contribution in [2.45, 2.75) is 6.54 Å². The number of phenolic OH excluding ortho intramolecular Hbond substituents is 1. The number of benzene rings is 1. The van der Waals surface area contributed by atoms with Crippen LogP contribution in [0.4, 0.5) is 0 Å². The monoisotopic (exact) mass is 154 g/mol. The first-order valence-corrected chi connectivity index (χ1v) is 3.43. The van der Waals surface area contributed by atoms with Crippen molar-refractivity contribution in [3.63, 3.8) is 0 Å². The van der Waals surface area contributed by atoms with E-state index in [2.05, 4.69) is 5.73 Å². The van der Waals surface area contributed by atoms with Gasteiger partial charge in [0.2, 0.25) is 0 Å². The summed E-state index contributed by atoms with van der Waals surface area (Å²) < 4.78 is 4.98. The van der Waals surface area contributed by atoms with Gasteiger partial charge in [-0.3, -0.25) is 0 Å². The number of methoxy groups -OCH3 is 1. The summed E-state index contributed by atoms with van der Waals surface area (Å²) >= 11 is 0. The fraction of sp³-hybridized carbons (Fsp3) is 0.250. The molecule has 0 radical (unpaired) electrons. The minimum atomic E-state index is 0.175. The third-order valence-electron chi connectivity index (χ3n) is 1.55. The standard InChI is InChI=1S/C8H11NO2/c1-11-8-6(5-9)3-2-4-7(8)10/h2-4,10H,5,9H2,1H3/p+1. The molecule has 1 aromatic carbocycles. The minimum Gasteiger partial charge on any atom is -0.504 e. The lowest BCUT2D eigenvalue weighted by Gasteiger charge is -2.05. The van der Waals surface area contributed by atoms with Gasteiger partial charge in [0.05, 0.1) is 12.7 Å². The van der Waals surface area contributed by atoms with E-state index in [4.69, 9.17) is 4.74 Å². The molecule has 0 spiro atoms. The van der Waals surface area contributed by atoms with E-state index in [0.29, 0.717) is 12.3 Å². The van der Waals surface area contributed by atoms with Crippen molar-refractivity contribution in [3.05, 3.63) is 23.8 Å². The lowest BCUT2D eigenvalue weighted by molar-refractivity contribution is -0.386. The fourth-order valence-corrected chi connectivity index (χ4v) is 1.00. The molecule has 0 aromatic heterocycles. The molecular formula is C8H12NO2+. The van der Waals surface area contributed by atoms with E-state index in [0.717, 1.165) is 5.56 Å². The number of phenols is 1. The van der Waals surface area contributed by atoms with Crippen LogP contribution in [-0.4, -0.2) is 12.2 Å². The maximum Gasteiger partial charge on any atom is 0.169 e. The molecule has 4 N–H and O–H groups in total. The Labute approximate surface area is 65.4 Å². The van der Waals surface area contributed by atoms with Gasteiger partial charge in [-0.2, -0.15) is 0 Å². The molecule has 0 saturated carbocycles. The Balaban J connectivity index is 3.13. The van der Waals surface area contributed by atoms with Gasteiger partial charge in [-0.25, -0.2) is 0 Å². The summed E-state index contributed by atoms with van der Waals surface area (Å²) in [6, 6.07) is 5.25. The van der Waals surface area contributed by atoms with E-state index >= 15 is 0 Å². The van der Waals surface area contributed by atoms with Crippen LogP contribution in [0.1, 0.15) is 5.56 Å². The van der Waals surface area contributed by atoms with Crippen LogP contribution < -0.4 is 10.5 Å². The predicted molar refractivity (Wildman–Crippen MR) is 41.3 cm³/mol. The first-order valence-electron chi connectivity index (χ1n) is 3.43. The Hall–Kier alpha value is -1.22. The average Bonchev–Trinajstić information content (AvgIpc) is 2.04. The number of hydrogen-bond acceptors (Lipinski definition) is 2. The Kier molecular flexibility index (Phi) is 2.33. The Morgan fingerprint density at radius 2 is 2.27 bits per heavy atom. The normalized spacial score (nSPS) is 9.64. The zero-order valence-corrected chi connectivity index (χ0v) is 6.50. The van der Waals surface area contributed by atoms with Crippen LogP contribution in [0, 0.1) is 0 Å². The van der Waals surface area contributed by atoms with Crippen molar-refractivity contribution in [3.8, 4) is 11.5 Å². The van der Waals surface area contributed by atoms with Gasteiger partial charge in [-0.05, 0) is 12.1 Å². The molecule has 0 heterocycles. The number of rotatable bonds is 2. The molecule has 3 heteroatoms. The predicted octanol–water partition coefficient (Wildman–Crippen LogP) is 0.143. The maximum atomic E-state index is 9.27. The molecule has 1 rings (SSSR count). The van der Waals surface area contributed by atoms with Gasteiger partial charge in [-0.15, -0.1) is 0 Å². The van der Waals surface area contributed by atoms with Crippen LogP contribution in [-0.2, 0) is 6.54 Å². The van der Waals surface area contributed by atoms with E-state index in [-0.39, 0.29) is 5.75 Å². The van der Waals surface area contributed by atoms with Gasteiger partial charge >= 0.3 is 0 Å². The summed E-state index contributed by atoms with van der Waals surface area (Å²) in [7, 11) is 1.54. The SMILES string of the molecule is COc1c(O)cccc1C[NH3+]. The second-order valence-corrected chi connectivity index (χ2v) is 2.22. The van der Waals surface area contributed by atoms with E-state index in [1.807, 2.05) is 6.07 Å². The van der Waals surface area contributed by atoms with Crippen LogP contribution in [0.2, 0.25) is 0 Å². The summed E-state index contributed by atoms with van der Waals surface area (Å²) in [6.45, 7) is 0.623. The highest BCUT2D eigenvalue weighted by atomic mass is 16.5. The highest BCUT2D eigenvalue weighted by Gasteiger charge is 2.06. The van der Waals surface area contributed by atoms with E-state index in [1.54, 1.807) is 12.1 Å². The smallest absolute Gasteiger partial charge is 0.169 e. The maximum absolute atomic E-state index is 9.27. The third-order valence-corrected chi connectivity index (χ3v) is 1.55. The number of aromatic hydroxyl groups is 1. The molecule has 0 saturated heterocycles. The highest BCUT2D eigenvalue weighted by molar-refractivity contribution is 5.44. The van der Waals surface area contributed by atoms with Crippen molar-refractivity contribution in [1.82, 2.24) is 0 Å². The topological polar surface area (TPSA) is 57.1 Å². The lowest BCUT2D eigenvalue weighted by atomic mass is 10.2. The van der Waals surface area contributed by atoms with Crippen LogP contribution in [0.25, 0.3) is 0 Å². The van der Waals surface area contributed by atoms with Crippen LogP contribution in [0.3, 0.4) is 0 Å². The van der Waals surface area contributed by atoms with Crippen molar-refractivity contribution in [1.29, 1.82) is 0 Å². The summed E-state index contributed by atoms with van der Waals surface area (Å²) in [6.07, 6.45) is 0. The number of ether oxygens (including phenoxy) is 1. The Morgan fingerprint density at radius 1 is 1.55 bits per heavy atom. The molecule has 0 aliphatic carbocycles. The van der Waals surface area contributed by atoms with Gasteiger partial charge < -0.3 is 15.6 Å². The second kappa shape index (κ2) is 3.25. The quantitative estimate of drug-likeness (QED) is 0.636. The zero-order valence-electron chi connectivity index (χ0n) is 6.50. The number of quaternary nitrogens is 1. The summed E-state index contributed by atoms with van der Waals surface area (Å²) in [5, 5.41) is 9.27. The molecule has 11 heavy (non-hydrogen) atoms. The van der Waals surface area contributed by atoms with Crippen molar-refractivity contribution in [2.24, 2.45) is 0 Å². The zero-order chi connectivity index (χ0) is 8.27. The van der Waals surface area contributed by atoms with Crippen LogP contribution in [0.5, 0.6) is 11.5 Å².